The van der Waals surface area contributed by atoms with Crippen LogP contribution in [0.5, 0.6) is 0 Å². The first-order chi connectivity index (χ1) is 12.8. The van der Waals surface area contributed by atoms with E-state index in [1.165, 1.54) is 5.56 Å². The Morgan fingerprint density at radius 3 is 2.52 bits per heavy atom. The molecule has 0 saturated carbocycles. The molecule has 1 unspecified atom stereocenters. The van der Waals surface area contributed by atoms with Crippen molar-refractivity contribution in [1.82, 2.24) is 9.88 Å². The van der Waals surface area contributed by atoms with Gasteiger partial charge in [0.15, 0.2) is 11.7 Å². The molecule has 1 amide bonds. The largest absolute Gasteiger partial charge is 0.444 e. The highest BCUT2D eigenvalue weighted by atomic mass is 16.6. The van der Waals surface area contributed by atoms with Gasteiger partial charge in [-0.05, 0) is 40.5 Å². The van der Waals surface area contributed by atoms with Crippen molar-refractivity contribution in [2.45, 2.75) is 65.9 Å². The van der Waals surface area contributed by atoms with E-state index in [9.17, 15) is 4.79 Å². The number of rotatable bonds is 2. The highest BCUT2D eigenvalue weighted by Gasteiger charge is 2.30. The van der Waals surface area contributed by atoms with Crippen LogP contribution < -0.4 is 0 Å². The Labute approximate surface area is 162 Å². The van der Waals surface area contributed by atoms with Gasteiger partial charge < -0.3 is 14.1 Å². The fraction of sp³-hybridized carbons (Fsp3) is 0.545. The summed E-state index contributed by atoms with van der Waals surface area (Å²) in [6, 6.07) is 8.19. The molecule has 0 N–H and O–H groups in total. The first-order valence-corrected chi connectivity index (χ1v) is 9.82. The smallest absolute Gasteiger partial charge is 0.410 e. The number of aromatic nitrogens is 1. The summed E-state index contributed by atoms with van der Waals surface area (Å²) < 4.78 is 11.5. The van der Waals surface area contributed by atoms with Crippen molar-refractivity contribution < 1.29 is 13.9 Å². The molecule has 1 aromatic heterocycles. The lowest BCUT2D eigenvalue weighted by molar-refractivity contribution is 0.0191. The lowest BCUT2D eigenvalue weighted by Crippen LogP contribution is -2.42. The molecule has 3 rings (SSSR count). The van der Waals surface area contributed by atoms with Crippen LogP contribution in [0.3, 0.4) is 0 Å². The molecule has 2 heterocycles. The van der Waals surface area contributed by atoms with Gasteiger partial charge >= 0.3 is 6.09 Å². The summed E-state index contributed by atoms with van der Waals surface area (Å²) in [6.45, 7) is 13.0. The number of hydrogen-bond donors (Lipinski definition) is 0. The minimum Gasteiger partial charge on any atom is -0.444 e. The van der Waals surface area contributed by atoms with Crippen LogP contribution in [0.25, 0.3) is 11.3 Å². The standard InChI is InChI=1S/C20H26N2O3.C2H6/c1-14-7-9-15(10-8-14)17-12-21-18(24-17)16-6-5-11-22(13-16)19(23)25-20(2,3)4;1-2/h7-10,12,16H,5-6,11,13H2,1-4H3;1-2H3. The topological polar surface area (TPSA) is 55.6 Å². The van der Waals surface area contributed by atoms with Gasteiger partial charge in [0, 0.05) is 18.7 Å². The molecule has 1 aromatic carbocycles. The highest BCUT2D eigenvalue weighted by molar-refractivity contribution is 5.68. The number of carbonyl (C=O) groups excluding carboxylic acids is 1. The van der Waals surface area contributed by atoms with E-state index in [4.69, 9.17) is 9.15 Å². The molecule has 1 aliphatic heterocycles. The van der Waals surface area contributed by atoms with E-state index in [1.807, 2.05) is 46.8 Å². The van der Waals surface area contributed by atoms with Crippen molar-refractivity contribution in [1.29, 1.82) is 0 Å². The van der Waals surface area contributed by atoms with Crippen molar-refractivity contribution in [3.63, 3.8) is 0 Å². The number of hydrogen-bond acceptors (Lipinski definition) is 4. The number of ether oxygens (including phenoxy) is 1. The van der Waals surface area contributed by atoms with Gasteiger partial charge in [-0.1, -0.05) is 43.7 Å². The maximum Gasteiger partial charge on any atom is 0.410 e. The normalized spacial score (nSPS) is 17.1. The average Bonchev–Trinajstić information content (AvgIpc) is 3.13. The van der Waals surface area contributed by atoms with Crippen molar-refractivity contribution in [3.8, 4) is 11.3 Å². The Morgan fingerprint density at radius 2 is 1.89 bits per heavy atom. The van der Waals surface area contributed by atoms with Gasteiger partial charge in [-0.15, -0.1) is 0 Å². The molecule has 1 saturated heterocycles. The molecular weight excluding hydrogens is 340 g/mol. The number of piperidine rings is 1. The molecule has 0 spiro atoms. The maximum atomic E-state index is 12.3. The van der Waals surface area contributed by atoms with Crippen LogP contribution in [-0.4, -0.2) is 34.7 Å². The van der Waals surface area contributed by atoms with Gasteiger partial charge in [0.2, 0.25) is 0 Å². The number of aryl methyl sites for hydroxylation is 1. The monoisotopic (exact) mass is 372 g/mol. The van der Waals surface area contributed by atoms with Crippen molar-refractivity contribution in [2.24, 2.45) is 0 Å². The van der Waals surface area contributed by atoms with E-state index in [1.54, 1.807) is 11.1 Å². The fourth-order valence-electron chi connectivity index (χ4n) is 3.00. The molecule has 0 radical (unpaired) electrons. The third kappa shape index (κ3) is 5.84. The first-order valence-electron chi connectivity index (χ1n) is 9.82. The number of likely N-dealkylation sites (tertiary alicyclic amines) is 1. The summed E-state index contributed by atoms with van der Waals surface area (Å²) in [5.74, 6) is 1.58. The average molecular weight is 373 g/mol. The Kier molecular flexibility index (Phi) is 7.05. The minimum atomic E-state index is -0.481. The molecule has 1 atom stereocenters. The Balaban J connectivity index is 0.00000126. The van der Waals surface area contributed by atoms with E-state index in [-0.39, 0.29) is 12.0 Å². The summed E-state index contributed by atoms with van der Waals surface area (Å²) in [6.07, 6.45) is 3.40. The zero-order chi connectivity index (χ0) is 20.0. The van der Waals surface area contributed by atoms with Gasteiger partial charge in [0.25, 0.3) is 0 Å². The molecule has 0 bridgehead atoms. The van der Waals surface area contributed by atoms with E-state index < -0.39 is 5.60 Å². The molecule has 1 fully saturated rings. The predicted octanol–water partition coefficient (Wildman–Crippen LogP) is 5.79. The number of nitrogens with zero attached hydrogens (tertiary/aromatic N) is 2. The number of oxazole rings is 1. The van der Waals surface area contributed by atoms with Crippen molar-refractivity contribution in [3.05, 3.63) is 41.9 Å². The molecular formula is C22H32N2O3. The van der Waals surface area contributed by atoms with Crippen LogP contribution in [0.1, 0.15) is 64.8 Å². The molecule has 148 valence electrons. The summed E-state index contributed by atoms with van der Waals surface area (Å²) in [5.41, 5.74) is 1.75. The zero-order valence-electron chi connectivity index (χ0n) is 17.4. The highest BCUT2D eigenvalue weighted by Crippen LogP contribution is 2.30. The third-order valence-corrected chi connectivity index (χ3v) is 4.28. The molecule has 5 heteroatoms. The Hall–Kier alpha value is -2.30. The predicted molar refractivity (Wildman–Crippen MR) is 108 cm³/mol. The van der Waals surface area contributed by atoms with Crippen LogP contribution in [0.15, 0.2) is 34.9 Å². The Bertz CT molecular complexity index is 729. The van der Waals surface area contributed by atoms with Crippen molar-refractivity contribution >= 4 is 6.09 Å². The summed E-state index contributed by atoms with van der Waals surface area (Å²) in [4.78, 5) is 18.5. The van der Waals surface area contributed by atoms with Gasteiger partial charge in [0.1, 0.15) is 5.60 Å². The second-order valence-corrected chi connectivity index (χ2v) is 7.69. The summed E-state index contributed by atoms with van der Waals surface area (Å²) >= 11 is 0. The fourth-order valence-corrected chi connectivity index (χ4v) is 3.00. The molecule has 0 aliphatic carbocycles. The lowest BCUT2D eigenvalue weighted by atomic mass is 9.98. The van der Waals surface area contributed by atoms with E-state index in [2.05, 4.69) is 24.0 Å². The summed E-state index contributed by atoms with van der Waals surface area (Å²) in [5, 5.41) is 0. The number of benzene rings is 1. The number of amides is 1. The van der Waals surface area contributed by atoms with Crippen molar-refractivity contribution in [2.75, 3.05) is 13.1 Å². The maximum absolute atomic E-state index is 12.3. The second-order valence-electron chi connectivity index (χ2n) is 7.69. The van der Waals surface area contributed by atoms with Crippen LogP contribution in [0, 0.1) is 6.92 Å². The van der Waals surface area contributed by atoms with Crippen LogP contribution >= 0.6 is 0 Å². The van der Waals surface area contributed by atoms with E-state index in [0.717, 1.165) is 30.7 Å². The SMILES string of the molecule is CC.Cc1ccc(-c2cnc(C3CCCN(C(=O)OC(C)(C)C)C3)o2)cc1. The van der Waals surface area contributed by atoms with Crippen LogP contribution in [-0.2, 0) is 4.74 Å². The van der Waals surface area contributed by atoms with Crippen LogP contribution in [0.2, 0.25) is 0 Å². The van der Waals surface area contributed by atoms with Gasteiger partial charge in [-0.2, -0.15) is 0 Å². The molecule has 27 heavy (non-hydrogen) atoms. The van der Waals surface area contributed by atoms with Gasteiger partial charge in [0.05, 0.1) is 12.1 Å². The molecule has 1 aliphatic rings. The van der Waals surface area contributed by atoms with Crippen LogP contribution in [0.4, 0.5) is 4.79 Å². The molecule has 5 nitrogen and oxygen atoms in total. The second kappa shape index (κ2) is 9.07. The summed E-state index contributed by atoms with van der Waals surface area (Å²) in [7, 11) is 0. The Morgan fingerprint density at radius 1 is 1.22 bits per heavy atom. The van der Waals surface area contributed by atoms with E-state index in [0.29, 0.717) is 12.4 Å². The van der Waals surface area contributed by atoms with Gasteiger partial charge in [-0.25, -0.2) is 9.78 Å². The quantitative estimate of drug-likeness (QED) is 0.669. The number of carbonyl (C=O) groups is 1. The first kappa shape index (κ1) is 21.0. The minimum absolute atomic E-state index is 0.112. The third-order valence-electron chi connectivity index (χ3n) is 4.28. The van der Waals surface area contributed by atoms with E-state index >= 15 is 0 Å². The molecule has 2 aromatic rings. The lowest BCUT2D eigenvalue weighted by Gasteiger charge is -2.32. The zero-order valence-corrected chi connectivity index (χ0v) is 17.4. The van der Waals surface area contributed by atoms with Gasteiger partial charge in [-0.3, -0.25) is 0 Å².